The van der Waals surface area contributed by atoms with E-state index in [0.29, 0.717) is 30.5 Å². The van der Waals surface area contributed by atoms with Gasteiger partial charge in [-0.3, -0.25) is 14.4 Å². The van der Waals surface area contributed by atoms with E-state index in [-0.39, 0.29) is 58.3 Å². The number of ketones is 2. The molecule has 4 fully saturated rings. The zero-order chi connectivity index (χ0) is 29.6. The topological polar surface area (TPSA) is 60.4 Å². The molecule has 6 rings (SSSR count). The van der Waals surface area contributed by atoms with Crippen molar-refractivity contribution in [2.24, 2.45) is 50.7 Å². The molecule has 0 aliphatic heterocycles. The highest BCUT2D eigenvalue weighted by Gasteiger charge is 2.71. The molecule has 1 aromatic carbocycles. The highest BCUT2D eigenvalue weighted by molar-refractivity contribution is 6.06. The van der Waals surface area contributed by atoms with Crippen molar-refractivity contribution in [3.05, 3.63) is 47.0 Å². The van der Waals surface area contributed by atoms with Crippen molar-refractivity contribution in [1.82, 2.24) is 0 Å². The van der Waals surface area contributed by atoms with Crippen LogP contribution < -0.4 is 0 Å². The first-order valence-corrected chi connectivity index (χ1v) is 16.2. The number of esters is 1. The van der Waals surface area contributed by atoms with Gasteiger partial charge in [-0.25, -0.2) is 0 Å². The van der Waals surface area contributed by atoms with Gasteiger partial charge in [0.25, 0.3) is 0 Å². The number of fused-ring (bicyclic) bond motifs is 7. The van der Waals surface area contributed by atoms with E-state index < -0.39 is 5.41 Å². The molecule has 0 amide bonds. The van der Waals surface area contributed by atoms with E-state index in [2.05, 4.69) is 48.5 Å². The lowest BCUT2D eigenvalue weighted by Gasteiger charge is -2.71. The summed E-state index contributed by atoms with van der Waals surface area (Å²) in [6.45, 7) is 16.4. The van der Waals surface area contributed by atoms with Gasteiger partial charge in [0.1, 0.15) is 12.4 Å². The average Bonchev–Trinajstić information content (AvgIpc) is 3.24. The van der Waals surface area contributed by atoms with Crippen LogP contribution in [-0.2, 0) is 25.7 Å². The molecule has 5 aliphatic carbocycles. The van der Waals surface area contributed by atoms with Gasteiger partial charge in [0.15, 0.2) is 5.78 Å². The van der Waals surface area contributed by atoms with Gasteiger partial charge in [0.2, 0.25) is 0 Å². The van der Waals surface area contributed by atoms with Gasteiger partial charge in [-0.2, -0.15) is 0 Å². The van der Waals surface area contributed by atoms with Crippen molar-refractivity contribution >= 4 is 17.5 Å². The van der Waals surface area contributed by atoms with E-state index >= 15 is 0 Å². The molecule has 0 N–H and O–H groups in total. The largest absolute Gasteiger partial charge is 0.460 e. The average molecular weight is 559 g/mol. The van der Waals surface area contributed by atoms with Gasteiger partial charge >= 0.3 is 5.97 Å². The first-order valence-electron chi connectivity index (χ1n) is 16.2. The van der Waals surface area contributed by atoms with Gasteiger partial charge in [-0.15, -0.1) is 0 Å². The Morgan fingerprint density at radius 1 is 0.878 bits per heavy atom. The molecule has 0 spiro atoms. The van der Waals surface area contributed by atoms with Crippen molar-refractivity contribution in [2.45, 2.75) is 113 Å². The van der Waals surface area contributed by atoms with Crippen LogP contribution in [0, 0.1) is 50.7 Å². The number of ether oxygens (including phenoxy) is 1. The van der Waals surface area contributed by atoms with E-state index in [1.807, 2.05) is 30.3 Å². The minimum absolute atomic E-state index is 0.00119. The van der Waals surface area contributed by atoms with Crippen molar-refractivity contribution in [1.29, 1.82) is 0 Å². The van der Waals surface area contributed by atoms with Crippen LogP contribution in [0.5, 0.6) is 0 Å². The monoisotopic (exact) mass is 558 g/mol. The Labute approximate surface area is 247 Å². The molecule has 0 heterocycles. The molecule has 7 atom stereocenters. The van der Waals surface area contributed by atoms with Crippen LogP contribution in [-0.4, -0.2) is 17.5 Å². The van der Waals surface area contributed by atoms with E-state index in [1.54, 1.807) is 0 Å². The number of carbonyl (C=O) groups excluding carboxylic acids is 3. The number of Topliss-reactive ketones (excluding diaryl/α,β-unsaturated/α-hetero) is 2. The van der Waals surface area contributed by atoms with Gasteiger partial charge in [0.05, 0.1) is 5.41 Å². The van der Waals surface area contributed by atoms with E-state index in [9.17, 15) is 14.4 Å². The predicted molar refractivity (Wildman–Crippen MR) is 161 cm³/mol. The Kier molecular flexibility index (Phi) is 6.61. The zero-order valence-electron chi connectivity index (χ0n) is 26.4. The second-order valence-corrected chi connectivity index (χ2v) is 16.0. The van der Waals surface area contributed by atoms with Crippen LogP contribution in [0.1, 0.15) is 112 Å². The quantitative estimate of drug-likeness (QED) is 0.349. The van der Waals surface area contributed by atoms with Gasteiger partial charge in [0, 0.05) is 18.3 Å². The molecular weight excluding hydrogens is 508 g/mol. The molecule has 4 nitrogen and oxygen atoms in total. The summed E-state index contributed by atoms with van der Waals surface area (Å²) in [4.78, 5) is 40.9. The maximum absolute atomic E-state index is 14.1. The van der Waals surface area contributed by atoms with Crippen LogP contribution in [0.15, 0.2) is 41.5 Å². The van der Waals surface area contributed by atoms with E-state index in [4.69, 9.17) is 4.74 Å². The van der Waals surface area contributed by atoms with E-state index in [0.717, 1.165) is 55.2 Å². The Hall–Kier alpha value is -2.23. The molecule has 4 saturated carbocycles. The van der Waals surface area contributed by atoms with Crippen molar-refractivity contribution in [3.63, 3.8) is 0 Å². The fraction of sp³-hybridized carbons (Fsp3) is 0.703. The Balaban J connectivity index is 1.39. The van der Waals surface area contributed by atoms with Gasteiger partial charge in [-0.1, -0.05) is 78.8 Å². The standard InChI is InChI=1S/C37H50O4/c1-23(2)30-26(38)21-37(32(40)41-22-24-11-9-8-10-12-24)20-19-35(6)25(31(30)37)13-14-28-34(5)17-16-29(39)33(3,4)27(34)15-18-36(28,35)7/h8-12,23,25,27-28H,13-22H2,1-7H3/t25-,27+,28-,34+,35-,36-,37-/m1/s1. The molecule has 0 bridgehead atoms. The van der Waals surface area contributed by atoms with Crippen LogP contribution in [0.2, 0.25) is 0 Å². The summed E-state index contributed by atoms with van der Waals surface area (Å²) in [5, 5.41) is 0. The Morgan fingerprint density at radius 2 is 1.59 bits per heavy atom. The molecule has 222 valence electrons. The second kappa shape index (κ2) is 9.38. The van der Waals surface area contributed by atoms with Crippen LogP contribution in [0.3, 0.4) is 0 Å². The number of allylic oxidation sites excluding steroid dienone is 1. The van der Waals surface area contributed by atoms with E-state index in [1.165, 1.54) is 0 Å². The lowest BCUT2D eigenvalue weighted by atomic mass is 9.33. The summed E-state index contributed by atoms with van der Waals surface area (Å²) < 4.78 is 6.06. The van der Waals surface area contributed by atoms with Crippen LogP contribution in [0.25, 0.3) is 0 Å². The molecule has 0 radical (unpaired) electrons. The number of carbonyl (C=O) groups is 3. The minimum Gasteiger partial charge on any atom is -0.460 e. The minimum atomic E-state index is -0.820. The summed E-state index contributed by atoms with van der Waals surface area (Å²) in [7, 11) is 0. The normalized spacial score (nSPS) is 41.4. The van der Waals surface area contributed by atoms with Crippen molar-refractivity contribution < 1.29 is 19.1 Å². The molecule has 5 aliphatic rings. The first-order chi connectivity index (χ1) is 19.2. The maximum Gasteiger partial charge on any atom is 0.317 e. The molecule has 41 heavy (non-hydrogen) atoms. The maximum atomic E-state index is 14.1. The first kappa shape index (κ1) is 28.9. The number of benzene rings is 1. The molecule has 1 aromatic rings. The summed E-state index contributed by atoms with van der Waals surface area (Å²) in [5.74, 6) is 1.67. The molecule has 0 unspecified atom stereocenters. The third-order valence-electron chi connectivity index (χ3n) is 13.8. The van der Waals surface area contributed by atoms with Crippen LogP contribution >= 0.6 is 0 Å². The lowest BCUT2D eigenvalue weighted by molar-refractivity contribution is -0.212. The van der Waals surface area contributed by atoms with Gasteiger partial charge < -0.3 is 4.74 Å². The summed E-state index contributed by atoms with van der Waals surface area (Å²) in [6.07, 6.45) is 7.91. The predicted octanol–water partition coefficient (Wildman–Crippen LogP) is 8.28. The zero-order valence-corrected chi connectivity index (χ0v) is 26.4. The SMILES string of the molecule is CC(C)C1=C2[C@H]3CC[C@@H]4[C@@]5(C)CCC(=O)C(C)(C)[C@@H]5CC[C@@]4(C)[C@]3(C)CC[C@@]2(C(=O)OCc2ccccc2)CC1=O. The highest BCUT2D eigenvalue weighted by atomic mass is 16.5. The summed E-state index contributed by atoms with van der Waals surface area (Å²) in [6, 6.07) is 9.86. The van der Waals surface area contributed by atoms with Crippen LogP contribution in [0.4, 0.5) is 0 Å². The number of rotatable bonds is 4. The Bertz CT molecular complexity index is 1310. The molecule has 0 aromatic heterocycles. The van der Waals surface area contributed by atoms with Gasteiger partial charge in [-0.05, 0) is 102 Å². The fourth-order valence-electron chi connectivity index (χ4n) is 11.5. The van der Waals surface area contributed by atoms with Crippen molar-refractivity contribution in [2.75, 3.05) is 0 Å². The molecule has 4 heteroatoms. The highest BCUT2D eigenvalue weighted by Crippen LogP contribution is 2.76. The number of hydrogen-bond donors (Lipinski definition) is 0. The third-order valence-corrected chi connectivity index (χ3v) is 13.8. The smallest absolute Gasteiger partial charge is 0.317 e. The molecule has 0 saturated heterocycles. The third kappa shape index (κ3) is 3.80. The van der Waals surface area contributed by atoms with Crippen molar-refractivity contribution in [3.8, 4) is 0 Å². The number of hydrogen-bond acceptors (Lipinski definition) is 4. The Morgan fingerprint density at radius 3 is 2.27 bits per heavy atom. The fourth-order valence-corrected chi connectivity index (χ4v) is 11.5. The lowest BCUT2D eigenvalue weighted by Crippen LogP contribution is -2.65. The summed E-state index contributed by atoms with van der Waals surface area (Å²) in [5.41, 5.74) is 2.20. The second-order valence-electron chi connectivity index (χ2n) is 16.0. The molecular formula is C37H50O4. The summed E-state index contributed by atoms with van der Waals surface area (Å²) >= 11 is 0.